The van der Waals surface area contributed by atoms with E-state index in [1.54, 1.807) is 6.07 Å². The summed E-state index contributed by atoms with van der Waals surface area (Å²) >= 11 is 9.18. The van der Waals surface area contributed by atoms with Crippen LogP contribution < -0.4 is 5.32 Å². The average Bonchev–Trinajstić information content (AvgIpc) is 2.67. The molecule has 2 aromatic rings. The fourth-order valence-electron chi connectivity index (χ4n) is 2.32. The maximum absolute atomic E-state index is 12.2. The Morgan fingerprint density at radius 2 is 1.69 bits per heavy atom. The molecule has 0 atom stereocenters. The average molecular weight is 471 g/mol. The first-order valence-electron chi connectivity index (χ1n) is 7.64. The Bertz CT molecular complexity index is 1230. The van der Waals surface area contributed by atoms with Gasteiger partial charge in [0, 0.05) is 5.69 Å². The molecule has 152 valence electrons. The molecule has 29 heavy (non-hydrogen) atoms. The van der Waals surface area contributed by atoms with E-state index in [1.807, 2.05) is 0 Å². The topological polar surface area (TPSA) is 122 Å². The second kappa shape index (κ2) is 9.46. The second-order valence-corrected chi connectivity index (χ2v) is 8.86. The first-order valence-corrected chi connectivity index (χ1v) is 11.4. The molecule has 0 radical (unpaired) electrons. The molecule has 0 aliphatic carbocycles. The van der Waals surface area contributed by atoms with E-state index in [2.05, 4.69) is 44.1 Å². The van der Waals surface area contributed by atoms with Gasteiger partial charge >= 0.3 is 0 Å². The molecule has 2 rings (SSSR count). The Morgan fingerprint density at radius 1 is 1.07 bits per heavy atom. The predicted molar refractivity (Wildman–Crippen MR) is 118 cm³/mol. The molecule has 8 nitrogen and oxygen atoms in total. The third-order valence-corrected chi connectivity index (χ3v) is 6.07. The number of anilines is 1. The second-order valence-electron chi connectivity index (χ2n) is 5.37. The van der Waals surface area contributed by atoms with Crippen LogP contribution >= 0.6 is 24.4 Å². The summed E-state index contributed by atoms with van der Waals surface area (Å²) in [7, 11) is -7.64. The highest BCUT2D eigenvalue weighted by Gasteiger charge is 2.19. The van der Waals surface area contributed by atoms with Crippen molar-refractivity contribution in [2.24, 2.45) is 4.99 Å². The van der Waals surface area contributed by atoms with E-state index in [4.69, 9.17) is 0 Å². The Kier molecular flexibility index (Phi) is 7.49. The predicted octanol–water partition coefficient (Wildman–Crippen LogP) is 3.54. The summed E-state index contributed by atoms with van der Waals surface area (Å²) in [5.41, 5.74) is 2.13. The van der Waals surface area contributed by atoms with Crippen LogP contribution in [-0.4, -0.2) is 39.2 Å². The minimum Gasteiger partial charge on any atom is -0.353 e. The van der Waals surface area contributed by atoms with Gasteiger partial charge in [0.15, 0.2) is 0 Å². The number of nitrogens with zero attached hydrogens (tertiary/aromatic N) is 1. The number of thiocarbonyl (C=S) groups is 2. The minimum atomic E-state index is -4.55. The van der Waals surface area contributed by atoms with E-state index in [0.717, 1.165) is 7.11 Å². The molecule has 0 heterocycles. The zero-order valence-corrected chi connectivity index (χ0v) is 18.0. The molecule has 0 bridgehead atoms. The zero-order valence-electron chi connectivity index (χ0n) is 14.8. The molecule has 0 spiro atoms. The first kappa shape index (κ1) is 23.0. The van der Waals surface area contributed by atoms with E-state index in [9.17, 15) is 21.4 Å². The van der Waals surface area contributed by atoms with Crippen molar-refractivity contribution in [1.29, 1.82) is 0 Å². The van der Waals surface area contributed by atoms with Crippen LogP contribution in [0.4, 0.5) is 11.4 Å². The maximum atomic E-state index is 12.2. The smallest absolute Gasteiger partial charge is 0.297 e. The van der Waals surface area contributed by atoms with Crippen molar-refractivity contribution in [2.45, 2.75) is 9.79 Å². The van der Waals surface area contributed by atoms with Crippen molar-refractivity contribution in [3.63, 3.8) is 0 Å². The lowest BCUT2D eigenvalue weighted by Gasteiger charge is -2.08. The lowest BCUT2D eigenvalue weighted by molar-refractivity contribution is 0.397. The standard InChI is InChI=1S/C17H14N2O6S4/c1-25-29(23,24)17-9-15(19-11-27)7-5-13(17)3-2-12-4-6-14(18-10-26)8-16(12)28(20,21)22/h2-10H,1H3,(H,18,26)(H,20,21,22)/b3-2+. The Morgan fingerprint density at radius 3 is 2.24 bits per heavy atom. The van der Waals surface area contributed by atoms with Gasteiger partial charge in [0.05, 0.1) is 23.4 Å². The summed E-state index contributed by atoms with van der Waals surface area (Å²) in [6.07, 6.45) is 2.71. The largest absolute Gasteiger partial charge is 0.353 e. The summed E-state index contributed by atoms with van der Waals surface area (Å²) in [5, 5.41) is 4.79. The van der Waals surface area contributed by atoms with Gasteiger partial charge in [-0.05, 0) is 47.6 Å². The maximum Gasteiger partial charge on any atom is 0.297 e. The Labute approximate surface area is 178 Å². The van der Waals surface area contributed by atoms with E-state index in [-0.39, 0.29) is 26.6 Å². The fraction of sp³-hybridized carbons (Fsp3) is 0.0588. The number of nitrogens with one attached hydrogen (secondary N) is 1. The molecule has 12 heteroatoms. The van der Waals surface area contributed by atoms with E-state index in [0.29, 0.717) is 5.69 Å². The lowest BCUT2D eigenvalue weighted by Crippen LogP contribution is -2.05. The van der Waals surface area contributed by atoms with E-state index in [1.165, 1.54) is 48.0 Å². The summed E-state index contributed by atoms with van der Waals surface area (Å²) < 4.78 is 62.0. The summed E-state index contributed by atoms with van der Waals surface area (Å²) in [5.74, 6) is 0. The Hall–Kier alpha value is -2.31. The van der Waals surface area contributed by atoms with Crippen molar-refractivity contribution in [1.82, 2.24) is 0 Å². The van der Waals surface area contributed by atoms with Gasteiger partial charge in [-0.1, -0.05) is 36.5 Å². The van der Waals surface area contributed by atoms with Crippen LogP contribution in [0.1, 0.15) is 11.1 Å². The molecule has 0 fully saturated rings. The molecule has 0 aromatic heterocycles. The van der Waals surface area contributed by atoms with Crippen molar-refractivity contribution in [2.75, 3.05) is 12.4 Å². The van der Waals surface area contributed by atoms with Crippen LogP contribution in [0.3, 0.4) is 0 Å². The number of aliphatic imine (C=N–C) groups is 1. The molecule has 0 amide bonds. The third kappa shape index (κ3) is 5.84. The third-order valence-electron chi connectivity index (χ3n) is 3.62. The summed E-state index contributed by atoms with van der Waals surface area (Å²) in [6.45, 7) is 0. The zero-order chi connectivity index (χ0) is 21.7. The highest BCUT2D eigenvalue weighted by Crippen LogP contribution is 2.27. The highest BCUT2D eigenvalue weighted by molar-refractivity contribution is 7.87. The number of rotatable bonds is 8. The lowest BCUT2D eigenvalue weighted by atomic mass is 10.1. The highest BCUT2D eigenvalue weighted by atomic mass is 32.2. The van der Waals surface area contributed by atoms with Crippen molar-refractivity contribution >= 4 is 78.9 Å². The number of hydrogen-bond acceptors (Lipinski definition) is 8. The van der Waals surface area contributed by atoms with Crippen LogP contribution in [0.25, 0.3) is 12.2 Å². The van der Waals surface area contributed by atoms with Gasteiger partial charge in [0.2, 0.25) is 0 Å². The van der Waals surface area contributed by atoms with Gasteiger partial charge in [-0.2, -0.15) is 21.8 Å². The molecular formula is C17H14N2O6S4. The van der Waals surface area contributed by atoms with Gasteiger partial charge in [0.25, 0.3) is 20.2 Å². The number of hydrogen-bond donors (Lipinski definition) is 2. The van der Waals surface area contributed by atoms with Crippen molar-refractivity contribution in [3.8, 4) is 0 Å². The van der Waals surface area contributed by atoms with Crippen LogP contribution in [0.2, 0.25) is 0 Å². The van der Waals surface area contributed by atoms with Crippen LogP contribution in [0.5, 0.6) is 0 Å². The number of isothiocyanates is 1. The van der Waals surface area contributed by atoms with Gasteiger partial charge in [-0.25, -0.2) is 0 Å². The van der Waals surface area contributed by atoms with Gasteiger partial charge < -0.3 is 5.32 Å². The molecule has 0 saturated carbocycles. The summed E-state index contributed by atoms with van der Waals surface area (Å²) in [6, 6.07) is 8.36. The van der Waals surface area contributed by atoms with Gasteiger partial charge in [-0.15, -0.1) is 0 Å². The monoisotopic (exact) mass is 470 g/mol. The number of benzene rings is 2. The van der Waals surface area contributed by atoms with E-state index < -0.39 is 20.2 Å². The fourth-order valence-corrected chi connectivity index (χ4v) is 4.14. The van der Waals surface area contributed by atoms with Crippen LogP contribution in [0, 0.1) is 0 Å². The van der Waals surface area contributed by atoms with E-state index >= 15 is 0 Å². The molecule has 2 aromatic carbocycles. The van der Waals surface area contributed by atoms with Gasteiger partial charge in [-0.3, -0.25) is 8.74 Å². The van der Waals surface area contributed by atoms with Crippen LogP contribution in [0.15, 0.2) is 51.2 Å². The molecule has 2 N–H and O–H groups in total. The normalized spacial score (nSPS) is 11.8. The molecule has 0 aliphatic heterocycles. The molecular weight excluding hydrogens is 456 g/mol. The summed E-state index contributed by atoms with van der Waals surface area (Å²) in [4.78, 5) is 3.16. The van der Waals surface area contributed by atoms with Crippen molar-refractivity contribution in [3.05, 3.63) is 47.5 Å². The Balaban J connectivity index is 2.62. The van der Waals surface area contributed by atoms with Gasteiger partial charge in [0.1, 0.15) is 9.79 Å². The minimum absolute atomic E-state index is 0.129. The molecule has 0 saturated heterocycles. The SMILES string of the molecule is COS(=O)(=O)c1cc(N=C=S)ccc1/C=C/c1ccc(NC=S)cc1S(=O)(=O)O. The molecule has 0 unspecified atom stereocenters. The first-order chi connectivity index (χ1) is 13.6. The van der Waals surface area contributed by atoms with Crippen molar-refractivity contribution < 1.29 is 25.6 Å². The molecule has 0 aliphatic rings. The quantitative estimate of drug-likeness (QED) is 0.196. The van der Waals surface area contributed by atoms with Crippen LogP contribution in [-0.2, 0) is 24.4 Å².